The molecule has 1 unspecified atom stereocenters. The predicted octanol–water partition coefficient (Wildman–Crippen LogP) is 4.59. The first kappa shape index (κ1) is 19.2. The van der Waals surface area contributed by atoms with Crippen LogP contribution in [0.25, 0.3) is 21.5 Å². The van der Waals surface area contributed by atoms with Crippen molar-refractivity contribution in [2.24, 2.45) is 0 Å². The summed E-state index contributed by atoms with van der Waals surface area (Å²) in [5, 5.41) is 7.15. The van der Waals surface area contributed by atoms with Crippen molar-refractivity contribution in [1.29, 1.82) is 0 Å². The van der Waals surface area contributed by atoms with Crippen LogP contribution in [0.15, 0.2) is 60.1 Å². The molecule has 0 spiro atoms. The standard InChI is InChI=1S/C23H23N3O2S/c1-15(11-17-13-24-21-6-4-3-5-20(17)21)25-22(27)12-18-14-29-23(26-18)16-7-9-19(28-2)10-8-16/h3-10,13-15,24H,11-12H2,1-2H3,(H,25,27). The summed E-state index contributed by atoms with van der Waals surface area (Å²) in [6.45, 7) is 2.03. The number of methoxy groups -OCH3 is 1. The molecule has 0 bridgehead atoms. The van der Waals surface area contributed by atoms with Gasteiger partial charge < -0.3 is 15.0 Å². The summed E-state index contributed by atoms with van der Waals surface area (Å²) in [6, 6.07) is 16.0. The van der Waals surface area contributed by atoms with Crippen molar-refractivity contribution in [3.05, 3.63) is 71.4 Å². The van der Waals surface area contributed by atoms with E-state index >= 15 is 0 Å². The van der Waals surface area contributed by atoms with Crippen LogP contribution in [0, 0.1) is 0 Å². The van der Waals surface area contributed by atoms with Crippen LogP contribution in [-0.2, 0) is 17.6 Å². The van der Waals surface area contributed by atoms with E-state index in [-0.39, 0.29) is 18.4 Å². The topological polar surface area (TPSA) is 67.0 Å². The third-order valence-corrected chi connectivity index (χ3v) is 5.78. The Labute approximate surface area is 173 Å². The predicted molar refractivity (Wildman–Crippen MR) is 117 cm³/mol. The number of hydrogen-bond acceptors (Lipinski definition) is 4. The number of nitrogens with one attached hydrogen (secondary N) is 2. The van der Waals surface area contributed by atoms with Crippen LogP contribution in [-0.4, -0.2) is 29.0 Å². The van der Waals surface area contributed by atoms with E-state index in [1.807, 2.05) is 54.9 Å². The number of thiazole rings is 1. The SMILES string of the molecule is COc1ccc(-c2nc(CC(=O)NC(C)Cc3c[nH]c4ccccc34)cs2)cc1. The average molecular weight is 406 g/mol. The lowest BCUT2D eigenvalue weighted by molar-refractivity contribution is -0.121. The van der Waals surface area contributed by atoms with Crippen LogP contribution in [0.3, 0.4) is 0 Å². The first-order chi connectivity index (χ1) is 14.1. The van der Waals surface area contributed by atoms with E-state index in [2.05, 4.69) is 27.4 Å². The third kappa shape index (κ3) is 4.49. The second-order valence-electron chi connectivity index (χ2n) is 7.08. The van der Waals surface area contributed by atoms with Gasteiger partial charge in [0.2, 0.25) is 5.91 Å². The van der Waals surface area contributed by atoms with Crippen LogP contribution in [0.5, 0.6) is 5.75 Å². The maximum atomic E-state index is 12.5. The highest BCUT2D eigenvalue weighted by molar-refractivity contribution is 7.13. The molecular weight excluding hydrogens is 382 g/mol. The van der Waals surface area contributed by atoms with E-state index in [9.17, 15) is 4.79 Å². The quantitative estimate of drug-likeness (QED) is 0.473. The molecule has 2 heterocycles. The number of carbonyl (C=O) groups is 1. The van der Waals surface area contributed by atoms with Crippen LogP contribution in [0.2, 0.25) is 0 Å². The second-order valence-corrected chi connectivity index (χ2v) is 7.94. The van der Waals surface area contributed by atoms with Crippen molar-refractivity contribution in [3.8, 4) is 16.3 Å². The number of aromatic amines is 1. The molecule has 0 aliphatic rings. The van der Waals surface area contributed by atoms with Crippen LogP contribution in [0.1, 0.15) is 18.2 Å². The number of ether oxygens (including phenoxy) is 1. The van der Waals surface area contributed by atoms with Crippen molar-refractivity contribution in [3.63, 3.8) is 0 Å². The average Bonchev–Trinajstić information content (AvgIpc) is 3.35. The number of para-hydroxylation sites is 1. The number of amides is 1. The Hall–Kier alpha value is -3.12. The Balaban J connectivity index is 1.35. The monoisotopic (exact) mass is 405 g/mol. The molecule has 29 heavy (non-hydrogen) atoms. The summed E-state index contributed by atoms with van der Waals surface area (Å²) in [7, 11) is 1.65. The largest absolute Gasteiger partial charge is 0.497 e. The smallest absolute Gasteiger partial charge is 0.226 e. The zero-order valence-electron chi connectivity index (χ0n) is 16.4. The van der Waals surface area contributed by atoms with Gasteiger partial charge in [-0.1, -0.05) is 18.2 Å². The highest BCUT2D eigenvalue weighted by Crippen LogP contribution is 2.26. The second kappa shape index (κ2) is 8.49. The molecule has 1 amide bonds. The molecule has 148 valence electrons. The number of H-pyrrole nitrogens is 1. The lowest BCUT2D eigenvalue weighted by atomic mass is 10.1. The van der Waals surface area contributed by atoms with E-state index < -0.39 is 0 Å². The Bertz CT molecular complexity index is 1110. The molecule has 5 nitrogen and oxygen atoms in total. The minimum atomic E-state index is -0.0103. The minimum absolute atomic E-state index is 0.0103. The van der Waals surface area contributed by atoms with Crippen LogP contribution >= 0.6 is 11.3 Å². The Kier molecular flexibility index (Phi) is 5.62. The number of carbonyl (C=O) groups excluding carboxylic acids is 1. The normalized spacial score (nSPS) is 12.1. The maximum absolute atomic E-state index is 12.5. The van der Waals surface area contributed by atoms with Gasteiger partial charge in [0.05, 0.1) is 19.2 Å². The molecule has 2 aromatic heterocycles. The number of hydrogen-bond donors (Lipinski definition) is 2. The fraction of sp³-hybridized carbons (Fsp3) is 0.217. The fourth-order valence-corrected chi connectivity index (χ4v) is 4.25. The van der Waals surface area contributed by atoms with Gasteiger partial charge >= 0.3 is 0 Å². The zero-order chi connectivity index (χ0) is 20.2. The first-order valence-electron chi connectivity index (χ1n) is 9.55. The van der Waals surface area contributed by atoms with Gasteiger partial charge in [0.15, 0.2) is 0 Å². The Morgan fingerprint density at radius 1 is 1.21 bits per heavy atom. The number of aromatic nitrogens is 2. The summed E-state index contributed by atoms with van der Waals surface area (Å²) in [5.41, 5.74) is 4.14. The molecule has 4 rings (SSSR count). The molecule has 0 aliphatic heterocycles. The molecule has 2 aromatic carbocycles. The Morgan fingerprint density at radius 3 is 2.79 bits per heavy atom. The molecule has 0 saturated carbocycles. The number of rotatable bonds is 7. The summed E-state index contributed by atoms with van der Waals surface area (Å²) >= 11 is 1.55. The van der Waals surface area contributed by atoms with Crippen molar-refractivity contribution in [1.82, 2.24) is 15.3 Å². The molecule has 0 radical (unpaired) electrons. The lowest BCUT2D eigenvalue weighted by Crippen LogP contribution is -2.35. The summed E-state index contributed by atoms with van der Waals surface area (Å²) in [5.74, 6) is 0.804. The van der Waals surface area contributed by atoms with E-state index in [1.165, 1.54) is 10.9 Å². The van der Waals surface area contributed by atoms with E-state index in [4.69, 9.17) is 4.74 Å². The zero-order valence-corrected chi connectivity index (χ0v) is 17.3. The summed E-state index contributed by atoms with van der Waals surface area (Å²) in [4.78, 5) is 20.4. The maximum Gasteiger partial charge on any atom is 0.226 e. The summed E-state index contributed by atoms with van der Waals surface area (Å²) < 4.78 is 5.19. The Morgan fingerprint density at radius 2 is 2.00 bits per heavy atom. The van der Waals surface area contributed by atoms with Crippen LogP contribution in [0.4, 0.5) is 0 Å². The van der Waals surface area contributed by atoms with Crippen molar-refractivity contribution in [2.75, 3.05) is 7.11 Å². The van der Waals surface area contributed by atoms with Gasteiger partial charge in [-0.05, 0) is 49.2 Å². The molecule has 0 fully saturated rings. The van der Waals surface area contributed by atoms with Gasteiger partial charge in [0.25, 0.3) is 0 Å². The highest BCUT2D eigenvalue weighted by Gasteiger charge is 2.13. The molecule has 1 atom stereocenters. The van der Waals surface area contributed by atoms with Gasteiger partial charge in [-0.3, -0.25) is 4.79 Å². The molecule has 4 aromatic rings. The van der Waals surface area contributed by atoms with Crippen molar-refractivity contribution in [2.45, 2.75) is 25.8 Å². The minimum Gasteiger partial charge on any atom is -0.497 e. The van der Waals surface area contributed by atoms with Gasteiger partial charge in [0.1, 0.15) is 10.8 Å². The van der Waals surface area contributed by atoms with Gasteiger partial charge in [-0.15, -0.1) is 11.3 Å². The lowest BCUT2D eigenvalue weighted by Gasteiger charge is -2.13. The number of nitrogens with zero attached hydrogens (tertiary/aromatic N) is 1. The molecule has 0 saturated heterocycles. The molecule has 0 aliphatic carbocycles. The van der Waals surface area contributed by atoms with Crippen LogP contribution < -0.4 is 10.1 Å². The first-order valence-corrected chi connectivity index (χ1v) is 10.4. The number of fused-ring (bicyclic) bond motifs is 1. The van der Waals surface area contributed by atoms with E-state index in [1.54, 1.807) is 18.4 Å². The fourth-order valence-electron chi connectivity index (χ4n) is 3.43. The molecule has 6 heteroatoms. The van der Waals surface area contributed by atoms with Crippen molar-refractivity contribution >= 4 is 28.1 Å². The van der Waals surface area contributed by atoms with E-state index in [0.717, 1.165) is 34.0 Å². The molecule has 2 N–H and O–H groups in total. The number of benzene rings is 2. The van der Waals surface area contributed by atoms with Crippen molar-refractivity contribution < 1.29 is 9.53 Å². The summed E-state index contributed by atoms with van der Waals surface area (Å²) in [6.07, 6.45) is 3.09. The van der Waals surface area contributed by atoms with Gasteiger partial charge in [0, 0.05) is 34.1 Å². The highest BCUT2D eigenvalue weighted by atomic mass is 32.1. The third-order valence-electron chi connectivity index (χ3n) is 4.84. The van der Waals surface area contributed by atoms with Gasteiger partial charge in [-0.25, -0.2) is 4.98 Å². The molecular formula is C23H23N3O2S. The van der Waals surface area contributed by atoms with Gasteiger partial charge in [-0.2, -0.15) is 0 Å². The van der Waals surface area contributed by atoms with E-state index in [0.29, 0.717) is 0 Å².